The van der Waals surface area contributed by atoms with Gasteiger partial charge in [-0.25, -0.2) is 4.63 Å². The van der Waals surface area contributed by atoms with Crippen molar-refractivity contribution in [2.24, 2.45) is 0 Å². The van der Waals surface area contributed by atoms with E-state index in [1.807, 2.05) is 0 Å². The van der Waals surface area contributed by atoms with Gasteiger partial charge in [0.2, 0.25) is 5.52 Å². The van der Waals surface area contributed by atoms with Crippen LogP contribution in [0.5, 0.6) is 0 Å². The summed E-state index contributed by atoms with van der Waals surface area (Å²) in [5.74, 6) is -0.718. The molecule has 26 heavy (non-hydrogen) atoms. The summed E-state index contributed by atoms with van der Waals surface area (Å²) in [6, 6.07) is 3.03. The van der Waals surface area contributed by atoms with E-state index in [0.717, 1.165) is 57.9 Å². The zero-order valence-electron chi connectivity index (χ0n) is 14.6. The Balaban J connectivity index is 1.60. The van der Waals surface area contributed by atoms with Gasteiger partial charge in [0, 0.05) is 19.0 Å². The Kier molecular flexibility index (Phi) is 7.78. The molecule has 0 radical (unpaired) electrons. The number of hydrogen-bond donors (Lipinski definition) is 2. The molecule has 2 aromatic rings. The van der Waals surface area contributed by atoms with Gasteiger partial charge in [-0.05, 0) is 29.2 Å². The van der Waals surface area contributed by atoms with Crippen LogP contribution in [0.4, 0.5) is 11.4 Å². The van der Waals surface area contributed by atoms with Crippen LogP contribution in [0.15, 0.2) is 16.8 Å². The summed E-state index contributed by atoms with van der Waals surface area (Å²) < 4.78 is 4.63. The number of carbonyl (C=O) groups is 1. The number of anilines is 1. The zero-order valence-corrected chi connectivity index (χ0v) is 14.6. The van der Waals surface area contributed by atoms with Crippen LogP contribution in [-0.4, -0.2) is 32.9 Å². The lowest BCUT2D eigenvalue weighted by molar-refractivity contribution is -0.383. The van der Waals surface area contributed by atoms with Gasteiger partial charge in [0.1, 0.15) is 0 Å². The number of carboxylic acids is 1. The van der Waals surface area contributed by atoms with E-state index in [1.165, 1.54) is 6.07 Å². The molecule has 0 spiro atoms. The second kappa shape index (κ2) is 10.3. The number of fused-ring (bicyclic) bond motifs is 1. The molecule has 0 unspecified atom stereocenters. The zero-order chi connectivity index (χ0) is 18.8. The van der Waals surface area contributed by atoms with E-state index in [1.54, 1.807) is 6.07 Å². The molecule has 0 bridgehead atoms. The lowest BCUT2D eigenvalue weighted by Crippen LogP contribution is -2.02. The van der Waals surface area contributed by atoms with Crippen molar-refractivity contribution in [1.29, 1.82) is 0 Å². The van der Waals surface area contributed by atoms with Crippen molar-refractivity contribution in [1.82, 2.24) is 10.3 Å². The number of hydrogen-bond acceptors (Lipinski definition) is 7. The van der Waals surface area contributed by atoms with Gasteiger partial charge in [-0.3, -0.25) is 14.9 Å². The minimum Gasteiger partial charge on any atom is -0.481 e. The van der Waals surface area contributed by atoms with E-state index in [4.69, 9.17) is 5.11 Å². The number of benzene rings is 1. The maximum absolute atomic E-state index is 10.9. The Morgan fingerprint density at radius 1 is 1.04 bits per heavy atom. The average Bonchev–Trinajstić information content (AvgIpc) is 3.09. The summed E-state index contributed by atoms with van der Waals surface area (Å²) in [7, 11) is 0. The molecule has 9 nitrogen and oxygen atoms in total. The van der Waals surface area contributed by atoms with E-state index in [9.17, 15) is 14.9 Å². The lowest BCUT2D eigenvalue weighted by Gasteiger charge is -2.06. The Morgan fingerprint density at radius 2 is 1.65 bits per heavy atom. The quantitative estimate of drug-likeness (QED) is 0.308. The fourth-order valence-corrected chi connectivity index (χ4v) is 2.83. The predicted octanol–water partition coefficient (Wildman–Crippen LogP) is 4.14. The van der Waals surface area contributed by atoms with Gasteiger partial charge in [-0.2, -0.15) is 0 Å². The molecule has 2 rings (SSSR count). The molecule has 0 amide bonds. The highest BCUT2D eigenvalue weighted by atomic mass is 16.6. The first-order valence-electron chi connectivity index (χ1n) is 8.95. The Labute approximate surface area is 150 Å². The third-order valence-electron chi connectivity index (χ3n) is 4.22. The topological polar surface area (TPSA) is 131 Å². The van der Waals surface area contributed by atoms with Crippen molar-refractivity contribution in [2.75, 3.05) is 11.9 Å². The molecule has 9 heteroatoms. The molecule has 0 fully saturated rings. The molecule has 1 aromatic heterocycles. The van der Waals surface area contributed by atoms with Crippen LogP contribution in [0.1, 0.15) is 57.8 Å². The number of aromatic nitrogens is 2. The molecule has 0 aliphatic heterocycles. The molecule has 0 atom stereocenters. The monoisotopic (exact) mass is 364 g/mol. The molecule has 0 aliphatic rings. The highest BCUT2D eigenvalue weighted by Crippen LogP contribution is 2.28. The SMILES string of the molecule is O=C(O)CCCCCCCCCCNc1ccc([N+](=O)[O-])c2nonc12. The molecule has 2 N–H and O–H groups in total. The Bertz CT molecular complexity index is 731. The fourth-order valence-electron chi connectivity index (χ4n) is 2.83. The standard InChI is InChI=1S/C17H24N4O5/c22-15(23)9-7-5-3-1-2-4-6-8-12-18-13-10-11-14(21(24)25)17-16(13)19-26-20-17/h10-11,18H,1-9,12H2,(H,22,23). The second-order valence-electron chi connectivity index (χ2n) is 6.25. The van der Waals surface area contributed by atoms with E-state index in [0.29, 0.717) is 11.2 Å². The van der Waals surface area contributed by atoms with E-state index >= 15 is 0 Å². The Hall–Kier alpha value is -2.71. The maximum atomic E-state index is 10.9. The van der Waals surface area contributed by atoms with Crippen LogP contribution >= 0.6 is 0 Å². The highest BCUT2D eigenvalue weighted by molar-refractivity contribution is 5.93. The van der Waals surface area contributed by atoms with Crippen molar-refractivity contribution in [2.45, 2.75) is 57.8 Å². The molecular weight excluding hydrogens is 340 g/mol. The minimum absolute atomic E-state index is 0.116. The number of unbranched alkanes of at least 4 members (excludes halogenated alkanes) is 7. The van der Waals surface area contributed by atoms with Crippen molar-refractivity contribution in [3.05, 3.63) is 22.2 Å². The van der Waals surface area contributed by atoms with Crippen LogP contribution in [0, 0.1) is 10.1 Å². The first-order valence-corrected chi connectivity index (χ1v) is 8.95. The number of nitro groups is 1. The van der Waals surface area contributed by atoms with Gasteiger partial charge in [-0.1, -0.05) is 38.5 Å². The van der Waals surface area contributed by atoms with Gasteiger partial charge in [-0.15, -0.1) is 0 Å². The summed E-state index contributed by atoms with van der Waals surface area (Å²) >= 11 is 0. The molecule has 1 aromatic carbocycles. The molecular formula is C17H24N4O5. The Morgan fingerprint density at radius 3 is 2.31 bits per heavy atom. The number of nitrogens with one attached hydrogen (secondary N) is 1. The largest absolute Gasteiger partial charge is 0.481 e. The first-order chi connectivity index (χ1) is 12.6. The molecule has 1 heterocycles. The normalized spacial score (nSPS) is 10.9. The van der Waals surface area contributed by atoms with Crippen LogP contribution in [0.3, 0.4) is 0 Å². The lowest BCUT2D eigenvalue weighted by atomic mass is 10.1. The van der Waals surface area contributed by atoms with Gasteiger partial charge >= 0.3 is 11.7 Å². The van der Waals surface area contributed by atoms with Crippen molar-refractivity contribution in [3.63, 3.8) is 0 Å². The molecule has 0 saturated heterocycles. The smallest absolute Gasteiger partial charge is 0.303 e. The van der Waals surface area contributed by atoms with Gasteiger partial charge < -0.3 is 10.4 Å². The second-order valence-corrected chi connectivity index (χ2v) is 6.25. The van der Waals surface area contributed by atoms with Crippen LogP contribution in [0.25, 0.3) is 11.0 Å². The number of carboxylic acid groups (broad SMARTS) is 1. The van der Waals surface area contributed by atoms with Crippen LogP contribution < -0.4 is 5.32 Å². The van der Waals surface area contributed by atoms with Crippen molar-refractivity contribution in [3.8, 4) is 0 Å². The third-order valence-corrected chi connectivity index (χ3v) is 4.22. The van der Waals surface area contributed by atoms with Crippen molar-refractivity contribution >= 4 is 28.4 Å². The number of nitro benzene ring substituents is 1. The number of aliphatic carboxylic acids is 1. The van der Waals surface area contributed by atoms with E-state index < -0.39 is 10.9 Å². The predicted molar refractivity (Wildman–Crippen MR) is 96.1 cm³/mol. The van der Waals surface area contributed by atoms with Crippen LogP contribution in [-0.2, 0) is 4.79 Å². The van der Waals surface area contributed by atoms with Gasteiger partial charge in [0.25, 0.3) is 0 Å². The highest BCUT2D eigenvalue weighted by Gasteiger charge is 2.19. The minimum atomic E-state index is -0.718. The number of nitrogens with zero attached hydrogens (tertiary/aromatic N) is 3. The summed E-state index contributed by atoms with van der Waals surface area (Å²) in [6.45, 7) is 0.748. The van der Waals surface area contributed by atoms with Crippen molar-refractivity contribution < 1.29 is 19.5 Å². The summed E-state index contributed by atoms with van der Waals surface area (Å²) in [4.78, 5) is 20.8. The summed E-state index contributed by atoms with van der Waals surface area (Å²) in [5.41, 5.74) is 1.10. The summed E-state index contributed by atoms with van der Waals surface area (Å²) in [6.07, 6.45) is 8.62. The molecule has 0 saturated carbocycles. The average molecular weight is 364 g/mol. The number of non-ortho nitro benzene ring substituents is 1. The molecule has 0 aliphatic carbocycles. The first kappa shape index (κ1) is 19.6. The number of rotatable bonds is 13. The van der Waals surface area contributed by atoms with E-state index in [-0.39, 0.29) is 17.6 Å². The van der Waals surface area contributed by atoms with E-state index in [2.05, 4.69) is 20.3 Å². The fraction of sp³-hybridized carbons (Fsp3) is 0.588. The van der Waals surface area contributed by atoms with Gasteiger partial charge in [0.05, 0.1) is 10.6 Å². The summed E-state index contributed by atoms with van der Waals surface area (Å²) in [5, 5.41) is 30.1. The van der Waals surface area contributed by atoms with Gasteiger partial charge in [0.15, 0.2) is 5.52 Å². The van der Waals surface area contributed by atoms with Crippen LogP contribution in [0.2, 0.25) is 0 Å². The molecule has 142 valence electrons. The maximum Gasteiger partial charge on any atom is 0.303 e. The third kappa shape index (κ3) is 5.98.